The van der Waals surface area contributed by atoms with Crippen LogP contribution >= 0.6 is 0 Å². The molecule has 6 heteroatoms. The number of para-hydroxylation sites is 1. The molecular formula is C12H11F3N2O. The Hall–Kier alpha value is -1.66. The zero-order chi connectivity index (χ0) is 13.4. The van der Waals surface area contributed by atoms with Crippen molar-refractivity contribution in [1.82, 2.24) is 4.98 Å². The van der Waals surface area contributed by atoms with E-state index in [0.717, 1.165) is 0 Å². The van der Waals surface area contributed by atoms with E-state index in [2.05, 4.69) is 4.98 Å². The molecule has 0 fully saturated rings. The molecule has 18 heavy (non-hydrogen) atoms. The summed E-state index contributed by atoms with van der Waals surface area (Å²) in [6.45, 7) is -0.952. The van der Waals surface area contributed by atoms with E-state index in [9.17, 15) is 18.3 Å². The number of halogens is 3. The lowest BCUT2D eigenvalue weighted by Crippen LogP contribution is -2.48. The molecule has 0 radical (unpaired) electrons. The van der Waals surface area contributed by atoms with Crippen LogP contribution in [0.1, 0.15) is 5.56 Å². The van der Waals surface area contributed by atoms with Crippen molar-refractivity contribution in [3.8, 4) is 0 Å². The van der Waals surface area contributed by atoms with Gasteiger partial charge in [0.1, 0.15) is 0 Å². The SMILES string of the molecule is NCC(O)(c1cccc2cccnc12)C(F)(F)F. The second kappa shape index (κ2) is 4.22. The number of rotatable bonds is 2. The van der Waals surface area contributed by atoms with E-state index in [1.54, 1.807) is 18.2 Å². The minimum Gasteiger partial charge on any atom is -0.375 e. The highest BCUT2D eigenvalue weighted by Gasteiger charge is 2.54. The van der Waals surface area contributed by atoms with Gasteiger partial charge in [0.2, 0.25) is 0 Å². The Balaban J connectivity index is 2.74. The van der Waals surface area contributed by atoms with Crippen molar-refractivity contribution < 1.29 is 18.3 Å². The zero-order valence-electron chi connectivity index (χ0n) is 9.28. The minimum atomic E-state index is -4.85. The fourth-order valence-electron chi connectivity index (χ4n) is 1.82. The van der Waals surface area contributed by atoms with E-state index in [4.69, 9.17) is 5.73 Å². The third-order valence-electron chi connectivity index (χ3n) is 2.84. The van der Waals surface area contributed by atoms with Gasteiger partial charge in [-0.2, -0.15) is 13.2 Å². The van der Waals surface area contributed by atoms with Crippen LogP contribution in [0.15, 0.2) is 36.5 Å². The standard InChI is InChI=1S/C12H11F3N2O/c13-12(14,15)11(18,7-16)9-5-1-3-8-4-2-6-17-10(8)9/h1-6,18H,7,16H2. The summed E-state index contributed by atoms with van der Waals surface area (Å²) in [4.78, 5) is 3.89. The first-order valence-electron chi connectivity index (χ1n) is 5.23. The molecule has 2 rings (SSSR count). The molecule has 3 N–H and O–H groups in total. The molecule has 1 unspecified atom stereocenters. The summed E-state index contributed by atoms with van der Waals surface area (Å²) in [5, 5.41) is 10.4. The molecule has 3 nitrogen and oxygen atoms in total. The first-order chi connectivity index (χ1) is 8.40. The molecule has 0 saturated heterocycles. The number of hydrogen-bond donors (Lipinski definition) is 2. The molecule has 0 aliphatic heterocycles. The van der Waals surface area contributed by atoms with Crippen molar-refractivity contribution in [2.45, 2.75) is 11.8 Å². The largest absolute Gasteiger partial charge is 0.422 e. The number of benzene rings is 1. The van der Waals surface area contributed by atoms with E-state index in [1.807, 2.05) is 0 Å². The van der Waals surface area contributed by atoms with Crippen molar-refractivity contribution in [2.24, 2.45) is 5.73 Å². The van der Waals surface area contributed by atoms with Crippen LogP contribution in [-0.2, 0) is 5.60 Å². The summed E-state index contributed by atoms with van der Waals surface area (Å²) in [6, 6.07) is 7.49. The Morgan fingerprint density at radius 2 is 1.83 bits per heavy atom. The van der Waals surface area contributed by atoms with Crippen LogP contribution in [0.25, 0.3) is 10.9 Å². The van der Waals surface area contributed by atoms with Crippen molar-refractivity contribution in [3.05, 3.63) is 42.1 Å². The van der Waals surface area contributed by atoms with Gasteiger partial charge in [0.15, 0.2) is 5.60 Å². The molecule has 1 heterocycles. The van der Waals surface area contributed by atoms with Crippen LogP contribution in [0.4, 0.5) is 13.2 Å². The van der Waals surface area contributed by atoms with Gasteiger partial charge in [0, 0.05) is 23.7 Å². The Morgan fingerprint density at radius 1 is 1.17 bits per heavy atom. The van der Waals surface area contributed by atoms with Gasteiger partial charge in [0.25, 0.3) is 0 Å². The third kappa shape index (κ3) is 1.83. The number of hydrogen-bond acceptors (Lipinski definition) is 3. The summed E-state index contributed by atoms with van der Waals surface area (Å²) in [5.41, 5.74) is 1.81. The maximum atomic E-state index is 13.0. The molecule has 0 amide bonds. The molecule has 0 aliphatic rings. The maximum absolute atomic E-state index is 13.0. The van der Waals surface area contributed by atoms with Crippen LogP contribution in [0.2, 0.25) is 0 Å². The summed E-state index contributed by atoms with van der Waals surface area (Å²) in [5.74, 6) is 0. The molecular weight excluding hydrogens is 245 g/mol. The Labute approximate surface area is 101 Å². The highest BCUT2D eigenvalue weighted by molar-refractivity contribution is 5.82. The topological polar surface area (TPSA) is 59.1 Å². The molecule has 96 valence electrons. The summed E-state index contributed by atoms with van der Waals surface area (Å²) >= 11 is 0. The monoisotopic (exact) mass is 256 g/mol. The van der Waals surface area contributed by atoms with Gasteiger partial charge in [-0.1, -0.05) is 24.3 Å². The van der Waals surface area contributed by atoms with Gasteiger partial charge in [-0.05, 0) is 6.07 Å². The second-order valence-corrected chi connectivity index (χ2v) is 3.94. The van der Waals surface area contributed by atoms with Gasteiger partial charge in [-0.25, -0.2) is 0 Å². The maximum Gasteiger partial charge on any atom is 0.422 e. The number of fused-ring (bicyclic) bond motifs is 1. The van der Waals surface area contributed by atoms with Crippen LogP contribution < -0.4 is 5.73 Å². The van der Waals surface area contributed by atoms with Crippen LogP contribution in [0, 0.1) is 0 Å². The molecule has 2 aromatic rings. The first-order valence-corrected chi connectivity index (χ1v) is 5.23. The molecule has 0 saturated carbocycles. The zero-order valence-corrected chi connectivity index (χ0v) is 9.28. The van der Waals surface area contributed by atoms with Gasteiger partial charge in [-0.15, -0.1) is 0 Å². The summed E-state index contributed by atoms with van der Waals surface area (Å²) in [6.07, 6.45) is -3.48. The average Bonchev–Trinajstić information content (AvgIpc) is 2.35. The van der Waals surface area contributed by atoms with Crippen LogP contribution in [0.5, 0.6) is 0 Å². The molecule has 1 aromatic heterocycles. The van der Waals surface area contributed by atoms with Crippen LogP contribution in [-0.4, -0.2) is 22.8 Å². The lowest BCUT2D eigenvalue weighted by Gasteiger charge is -2.30. The molecule has 1 atom stereocenters. The average molecular weight is 256 g/mol. The normalized spacial score (nSPS) is 15.6. The fourth-order valence-corrected chi connectivity index (χ4v) is 1.82. The highest BCUT2D eigenvalue weighted by Crippen LogP contribution is 2.40. The number of aliphatic hydroxyl groups is 1. The Bertz CT molecular complexity index is 565. The fraction of sp³-hybridized carbons (Fsp3) is 0.250. The minimum absolute atomic E-state index is 0.102. The van der Waals surface area contributed by atoms with Gasteiger partial charge < -0.3 is 10.8 Å². The van der Waals surface area contributed by atoms with E-state index in [0.29, 0.717) is 5.39 Å². The van der Waals surface area contributed by atoms with Crippen molar-refractivity contribution in [3.63, 3.8) is 0 Å². The summed E-state index contributed by atoms with van der Waals surface area (Å²) < 4.78 is 38.9. The Kier molecular flexibility index (Phi) is 3.00. The molecule has 0 bridgehead atoms. The number of nitrogens with two attached hydrogens (primary N) is 1. The van der Waals surface area contributed by atoms with Crippen molar-refractivity contribution in [1.29, 1.82) is 0 Å². The van der Waals surface area contributed by atoms with Gasteiger partial charge in [-0.3, -0.25) is 4.98 Å². The van der Waals surface area contributed by atoms with Crippen molar-refractivity contribution >= 4 is 10.9 Å². The van der Waals surface area contributed by atoms with E-state index >= 15 is 0 Å². The van der Waals surface area contributed by atoms with Gasteiger partial charge >= 0.3 is 6.18 Å². The quantitative estimate of drug-likeness (QED) is 0.863. The Morgan fingerprint density at radius 3 is 2.44 bits per heavy atom. The smallest absolute Gasteiger partial charge is 0.375 e. The number of aromatic nitrogens is 1. The number of nitrogens with zero attached hydrogens (tertiary/aromatic N) is 1. The number of pyridine rings is 1. The lowest BCUT2D eigenvalue weighted by atomic mass is 9.91. The third-order valence-corrected chi connectivity index (χ3v) is 2.84. The van der Waals surface area contributed by atoms with Crippen molar-refractivity contribution in [2.75, 3.05) is 6.54 Å². The van der Waals surface area contributed by atoms with Crippen LogP contribution in [0.3, 0.4) is 0 Å². The highest BCUT2D eigenvalue weighted by atomic mass is 19.4. The van der Waals surface area contributed by atoms with E-state index in [1.165, 1.54) is 18.3 Å². The molecule has 0 spiro atoms. The molecule has 0 aliphatic carbocycles. The van der Waals surface area contributed by atoms with Gasteiger partial charge in [0.05, 0.1) is 5.52 Å². The van der Waals surface area contributed by atoms with E-state index < -0.39 is 18.3 Å². The number of alkyl halides is 3. The predicted octanol–water partition coefficient (Wildman–Crippen LogP) is 1.94. The first kappa shape index (κ1) is 12.8. The van der Waals surface area contributed by atoms with E-state index in [-0.39, 0.29) is 11.1 Å². The predicted molar refractivity (Wildman–Crippen MR) is 60.7 cm³/mol. The summed E-state index contributed by atoms with van der Waals surface area (Å²) in [7, 11) is 0. The molecule has 1 aromatic carbocycles. The lowest BCUT2D eigenvalue weighted by molar-refractivity contribution is -0.261. The second-order valence-electron chi connectivity index (χ2n) is 3.94.